The molecule has 0 radical (unpaired) electrons. The van der Waals surface area contributed by atoms with Gasteiger partial charge in [0.1, 0.15) is 11.7 Å². The van der Waals surface area contributed by atoms with Crippen molar-refractivity contribution < 1.29 is 14.3 Å². The lowest BCUT2D eigenvalue weighted by atomic mass is 9.93. The van der Waals surface area contributed by atoms with E-state index in [1.54, 1.807) is 0 Å². The highest BCUT2D eigenvalue weighted by Crippen LogP contribution is 2.22. The van der Waals surface area contributed by atoms with Gasteiger partial charge in [-0.1, -0.05) is 38.1 Å². The van der Waals surface area contributed by atoms with Crippen LogP contribution in [0.25, 0.3) is 0 Å². The number of carbonyl (C=O) groups is 2. The van der Waals surface area contributed by atoms with E-state index in [2.05, 4.69) is 18.6 Å². The lowest BCUT2D eigenvalue weighted by molar-refractivity contribution is -0.145. The molecule has 0 spiro atoms. The largest absolute Gasteiger partial charge is 0.468 e. The lowest BCUT2D eigenvalue weighted by Crippen LogP contribution is -2.21. The normalized spacial score (nSPS) is 12.3. The summed E-state index contributed by atoms with van der Waals surface area (Å²) in [7, 11) is 1.29. The predicted molar refractivity (Wildman–Crippen MR) is 66.0 cm³/mol. The molecule has 1 atom stereocenters. The van der Waals surface area contributed by atoms with E-state index < -0.39 is 11.9 Å². The van der Waals surface area contributed by atoms with Crippen molar-refractivity contribution in [1.82, 2.24) is 0 Å². The Hall–Kier alpha value is -1.64. The number of Topliss-reactive ketones (excluding diaryl/α,β-unsaturated/α-hetero) is 1. The second kappa shape index (κ2) is 5.62. The Morgan fingerprint density at radius 1 is 1.06 bits per heavy atom. The maximum atomic E-state index is 11.5. The van der Waals surface area contributed by atoms with Crippen LogP contribution in [-0.2, 0) is 14.3 Å². The van der Waals surface area contributed by atoms with Crippen LogP contribution < -0.4 is 0 Å². The molecule has 17 heavy (non-hydrogen) atoms. The number of carbonyl (C=O) groups excluding carboxylic acids is 2. The molecule has 3 heteroatoms. The van der Waals surface area contributed by atoms with Gasteiger partial charge in [0.05, 0.1) is 7.11 Å². The Labute approximate surface area is 102 Å². The SMILES string of the molecule is COC(=O)C(C(C)=O)c1ccc(C(C)C)cc1. The fourth-order valence-electron chi connectivity index (χ4n) is 1.73. The van der Waals surface area contributed by atoms with Gasteiger partial charge in [-0.15, -0.1) is 0 Å². The molecule has 0 saturated carbocycles. The molecule has 0 heterocycles. The fourth-order valence-corrected chi connectivity index (χ4v) is 1.73. The zero-order valence-electron chi connectivity index (χ0n) is 10.7. The number of rotatable bonds is 4. The molecule has 0 aliphatic heterocycles. The summed E-state index contributed by atoms with van der Waals surface area (Å²) < 4.78 is 4.65. The number of ketones is 1. The molecule has 0 aromatic heterocycles. The Balaban J connectivity index is 3.04. The minimum atomic E-state index is -0.804. The molecule has 0 bridgehead atoms. The van der Waals surface area contributed by atoms with Crippen LogP contribution in [0.15, 0.2) is 24.3 Å². The van der Waals surface area contributed by atoms with Gasteiger partial charge in [0.2, 0.25) is 0 Å². The van der Waals surface area contributed by atoms with Gasteiger partial charge >= 0.3 is 5.97 Å². The number of ether oxygens (including phenoxy) is 1. The topological polar surface area (TPSA) is 43.4 Å². The summed E-state index contributed by atoms with van der Waals surface area (Å²) in [6.45, 7) is 5.59. The average Bonchev–Trinajstić information content (AvgIpc) is 2.29. The first-order chi connectivity index (χ1) is 7.97. The van der Waals surface area contributed by atoms with Gasteiger partial charge < -0.3 is 4.74 Å². The molecule has 0 fully saturated rings. The van der Waals surface area contributed by atoms with Crippen molar-refractivity contribution in [2.75, 3.05) is 7.11 Å². The van der Waals surface area contributed by atoms with E-state index in [0.717, 1.165) is 0 Å². The van der Waals surface area contributed by atoms with E-state index in [1.807, 2.05) is 24.3 Å². The fraction of sp³-hybridized carbons (Fsp3) is 0.429. The van der Waals surface area contributed by atoms with Crippen molar-refractivity contribution in [2.45, 2.75) is 32.6 Å². The minimum Gasteiger partial charge on any atom is -0.468 e. The smallest absolute Gasteiger partial charge is 0.320 e. The van der Waals surface area contributed by atoms with E-state index in [9.17, 15) is 9.59 Å². The minimum absolute atomic E-state index is 0.200. The molecular formula is C14H18O3. The third kappa shape index (κ3) is 3.16. The summed E-state index contributed by atoms with van der Waals surface area (Å²) in [6.07, 6.45) is 0. The molecule has 3 nitrogen and oxygen atoms in total. The number of esters is 1. The van der Waals surface area contributed by atoms with Crippen LogP contribution in [0.5, 0.6) is 0 Å². The van der Waals surface area contributed by atoms with Crippen molar-refractivity contribution in [1.29, 1.82) is 0 Å². The first-order valence-corrected chi connectivity index (χ1v) is 5.65. The van der Waals surface area contributed by atoms with Crippen LogP contribution in [0.4, 0.5) is 0 Å². The van der Waals surface area contributed by atoms with Gasteiger partial charge in [-0.3, -0.25) is 9.59 Å². The highest BCUT2D eigenvalue weighted by atomic mass is 16.5. The lowest BCUT2D eigenvalue weighted by Gasteiger charge is -2.13. The molecule has 1 rings (SSSR count). The summed E-state index contributed by atoms with van der Waals surface area (Å²) in [5, 5.41) is 0. The molecular weight excluding hydrogens is 216 g/mol. The molecule has 0 amide bonds. The van der Waals surface area contributed by atoms with Crippen molar-refractivity contribution >= 4 is 11.8 Å². The van der Waals surface area contributed by atoms with Gasteiger partial charge in [-0.05, 0) is 24.0 Å². The van der Waals surface area contributed by atoms with E-state index in [-0.39, 0.29) is 5.78 Å². The number of benzene rings is 1. The summed E-state index contributed by atoms with van der Waals surface area (Å²) >= 11 is 0. The van der Waals surface area contributed by atoms with Crippen molar-refractivity contribution in [3.05, 3.63) is 35.4 Å². The van der Waals surface area contributed by atoms with E-state index in [4.69, 9.17) is 0 Å². The second-order valence-electron chi connectivity index (χ2n) is 4.39. The van der Waals surface area contributed by atoms with Crippen LogP contribution in [0.3, 0.4) is 0 Å². The second-order valence-corrected chi connectivity index (χ2v) is 4.39. The van der Waals surface area contributed by atoms with Crippen LogP contribution in [-0.4, -0.2) is 18.9 Å². The van der Waals surface area contributed by atoms with Crippen LogP contribution in [0.1, 0.15) is 43.7 Å². The highest BCUT2D eigenvalue weighted by molar-refractivity contribution is 6.03. The van der Waals surface area contributed by atoms with Gasteiger partial charge in [0.25, 0.3) is 0 Å². The average molecular weight is 234 g/mol. The summed E-state index contributed by atoms with van der Waals surface area (Å²) in [5.74, 6) is -1.08. The summed E-state index contributed by atoms with van der Waals surface area (Å²) in [5.41, 5.74) is 1.87. The molecule has 1 aromatic rings. The number of hydrogen-bond acceptors (Lipinski definition) is 3. The third-order valence-corrected chi connectivity index (χ3v) is 2.78. The van der Waals surface area contributed by atoms with Gasteiger partial charge in [0, 0.05) is 0 Å². The first-order valence-electron chi connectivity index (χ1n) is 5.65. The maximum absolute atomic E-state index is 11.5. The Kier molecular flexibility index (Phi) is 4.44. The van der Waals surface area contributed by atoms with Crippen molar-refractivity contribution in [3.63, 3.8) is 0 Å². The molecule has 0 aliphatic carbocycles. The molecule has 92 valence electrons. The Bertz CT molecular complexity index is 404. The first kappa shape index (κ1) is 13.4. The third-order valence-electron chi connectivity index (χ3n) is 2.78. The molecule has 0 saturated heterocycles. The zero-order chi connectivity index (χ0) is 13.0. The molecule has 1 unspecified atom stereocenters. The monoisotopic (exact) mass is 234 g/mol. The van der Waals surface area contributed by atoms with Crippen LogP contribution >= 0.6 is 0 Å². The van der Waals surface area contributed by atoms with Crippen molar-refractivity contribution in [2.24, 2.45) is 0 Å². The van der Waals surface area contributed by atoms with E-state index in [0.29, 0.717) is 11.5 Å². The molecule has 0 N–H and O–H groups in total. The van der Waals surface area contributed by atoms with E-state index >= 15 is 0 Å². The predicted octanol–water partition coefficient (Wildman–Crippen LogP) is 2.66. The Morgan fingerprint density at radius 2 is 1.53 bits per heavy atom. The standard InChI is InChI=1S/C14H18O3/c1-9(2)11-5-7-12(8-6-11)13(10(3)15)14(16)17-4/h5-9,13H,1-4H3. The summed E-state index contributed by atoms with van der Waals surface area (Å²) in [4.78, 5) is 23.0. The van der Waals surface area contributed by atoms with Crippen LogP contribution in [0, 0.1) is 0 Å². The maximum Gasteiger partial charge on any atom is 0.320 e. The zero-order valence-corrected chi connectivity index (χ0v) is 10.7. The quantitative estimate of drug-likeness (QED) is 0.594. The number of methoxy groups -OCH3 is 1. The van der Waals surface area contributed by atoms with Gasteiger partial charge in [0.15, 0.2) is 0 Å². The van der Waals surface area contributed by atoms with Gasteiger partial charge in [-0.2, -0.15) is 0 Å². The highest BCUT2D eigenvalue weighted by Gasteiger charge is 2.25. The van der Waals surface area contributed by atoms with Crippen molar-refractivity contribution in [3.8, 4) is 0 Å². The Morgan fingerprint density at radius 3 is 1.88 bits per heavy atom. The summed E-state index contributed by atoms with van der Waals surface area (Å²) in [6, 6.07) is 7.52. The van der Waals surface area contributed by atoms with E-state index in [1.165, 1.54) is 19.6 Å². The van der Waals surface area contributed by atoms with Gasteiger partial charge in [-0.25, -0.2) is 0 Å². The molecule has 1 aromatic carbocycles. The molecule has 0 aliphatic rings. The van der Waals surface area contributed by atoms with Crippen LogP contribution in [0.2, 0.25) is 0 Å². The number of hydrogen-bond donors (Lipinski definition) is 0.